The van der Waals surface area contributed by atoms with E-state index in [0.717, 1.165) is 34.5 Å². The van der Waals surface area contributed by atoms with Crippen LogP contribution in [0, 0.1) is 23.8 Å². The van der Waals surface area contributed by atoms with Gasteiger partial charge in [-0.25, -0.2) is 0 Å². The van der Waals surface area contributed by atoms with Gasteiger partial charge in [0.25, 0.3) is 0 Å². The maximum atomic E-state index is 13.2. The molecule has 0 fully saturated rings. The second kappa shape index (κ2) is 11.8. The number of hydrogen-bond donors (Lipinski definition) is 0. The lowest BCUT2D eigenvalue weighted by Gasteiger charge is -2.38. The van der Waals surface area contributed by atoms with Crippen LogP contribution in [0.1, 0.15) is 58.2 Å². The van der Waals surface area contributed by atoms with E-state index in [2.05, 4.69) is 83.2 Å². The van der Waals surface area contributed by atoms with Crippen molar-refractivity contribution in [3.8, 4) is 46.1 Å². The van der Waals surface area contributed by atoms with Crippen molar-refractivity contribution < 1.29 is 13.2 Å². The molecule has 39 heavy (non-hydrogen) atoms. The fourth-order valence-electron chi connectivity index (χ4n) is 5.69. The molecule has 0 heterocycles. The van der Waals surface area contributed by atoms with Gasteiger partial charge in [-0.05, 0) is 75.3 Å². The number of nitrogens with zero attached hydrogens (tertiary/aromatic N) is 1. The molecule has 0 aliphatic rings. The minimum absolute atomic E-state index is 0.465. The first-order valence-corrected chi connectivity index (χ1v) is 15.6. The standard InChI is InChI=1S/C34H38F3NSi/c1-10-26-21-33(28-13-17-31(18-14-28)38(8)9)29(19-20-39(23(2)3,24(4)5)25(6)7)22-32(26)27-11-15-30(16-12-27)34(35,36)37/h1,11-18,21-25H,2-9H3. The van der Waals surface area contributed by atoms with Crippen molar-refractivity contribution in [1.29, 1.82) is 0 Å². The first kappa shape index (κ1) is 30.1. The minimum atomic E-state index is -4.40. The van der Waals surface area contributed by atoms with Crippen LogP contribution in [0.3, 0.4) is 0 Å². The quantitative estimate of drug-likeness (QED) is 0.220. The summed E-state index contributed by atoms with van der Waals surface area (Å²) in [5.41, 5.74) is 10.3. The molecule has 0 N–H and O–H groups in total. The Hall–Kier alpha value is -3.41. The monoisotopic (exact) mass is 545 g/mol. The van der Waals surface area contributed by atoms with Crippen molar-refractivity contribution in [2.24, 2.45) is 0 Å². The van der Waals surface area contributed by atoms with Crippen molar-refractivity contribution in [1.82, 2.24) is 0 Å². The second-order valence-electron chi connectivity index (χ2n) is 11.3. The highest BCUT2D eigenvalue weighted by Crippen LogP contribution is 2.41. The third-order valence-corrected chi connectivity index (χ3v) is 14.1. The largest absolute Gasteiger partial charge is 0.416 e. The Kier molecular flexibility index (Phi) is 9.09. The molecule has 0 saturated heterocycles. The number of terminal acetylenes is 1. The van der Waals surface area contributed by atoms with Crippen molar-refractivity contribution in [3.63, 3.8) is 0 Å². The van der Waals surface area contributed by atoms with Gasteiger partial charge in [-0.3, -0.25) is 0 Å². The molecule has 3 aromatic rings. The fraction of sp³-hybridized carbons (Fsp3) is 0.353. The summed E-state index contributed by atoms with van der Waals surface area (Å²) in [4.78, 5) is 2.04. The van der Waals surface area contributed by atoms with Crippen LogP contribution in [0.15, 0.2) is 60.7 Å². The molecule has 0 aliphatic heterocycles. The average Bonchev–Trinajstić information content (AvgIpc) is 2.87. The van der Waals surface area contributed by atoms with Crippen molar-refractivity contribution >= 4 is 13.8 Å². The minimum Gasteiger partial charge on any atom is -0.378 e. The first-order chi connectivity index (χ1) is 18.2. The number of benzene rings is 3. The smallest absolute Gasteiger partial charge is 0.378 e. The predicted octanol–water partition coefficient (Wildman–Crippen LogP) is 9.66. The third-order valence-electron chi connectivity index (χ3n) is 7.81. The summed E-state index contributed by atoms with van der Waals surface area (Å²) < 4.78 is 39.6. The Bertz CT molecular complexity index is 1370. The molecule has 0 atom stereocenters. The van der Waals surface area contributed by atoms with Gasteiger partial charge < -0.3 is 4.90 Å². The van der Waals surface area contributed by atoms with Crippen LogP contribution < -0.4 is 4.90 Å². The molecule has 0 spiro atoms. The summed E-state index contributed by atoms with van der Waals surface area (Å²) in [7, 11) is 1.95. The maximum Gasteiger partial charge on any atom is 0.416 e. The topological polar surface area (TPSA) is 3.24 Å². The average molecular weight is 546 g/mol. The van der Waals surface area contributed by atoms with Gasteiger partial charge in [0, 0.05) is 30.9 Å². The predicted molar refractivity (Wildman–Crippen MR) is 163 cm³/mol. The molecule has 0 amide bonds. The van der Waals surface area contributed by atoms with E-state index < -0.39 is 19.8 Å². The molecule has 0 bridgehead atoms. The van der Waals surface area contributed by atoms with Crippen molar-refractivity contribution in [2.45, 2.75) is 64.3 Å². The van der Waals surface area contributed by atoms with Gasteiger partial charge in [-0.2, -0.15) is 13.2 Å². The van der Waals surface area contributed by atoms with Crippen molar-refractivity contribution in [2.75, 3.05) is 19.0 Å². The van der Waals surface area contributed by atoms with Crippen LogP contribution in [0.2, 0.25) is 16.6 Å². The summed E-state index contributed by atoms with van der Waals surface area (Å²) in [6, 6.07) is 17.3. The fourth-order valence-corrected chi connectivity index (χ4v) is 10.9. The lowest BCUT2D eigenvalue weighted by atomic mass is 9.90. The molecule has 3 aromatic carbocycles. The summed E-state index contributed by atoms with van der Waals surface area (Å²) in [6.07, 6.45) is 1.55. The van der Waals surface area contributed by atoms with Gasteiger partial charge in [0.1, 0.15) is 8.07 Å². The van der Waals surface area contributed by atoms with Gasteiger partial charge in [-0.15, -0.1) is 12.0 Å². The number of anilines is 1. The van der Waals surface area contributed by atoms with Crippen LogP contribution in [-0.4, -0.2) is 22.2 Å². The SMILES string of the molecule is C#Cc1cc(-c2ccc(N(C)C)cc2)c(C#C[Si](C(C)C)(C(C)C)C(C)C)cc1-c1ccc(C(F)(F)F)cc1. The van der Waals surface area contributed by atoms with Gasteiger partial charge in [0.15, 0.2) is 0 Å². The lowest BCUT2D eigenvalue weighted by molar-refractivity contribution is -0.137. The Labute approximate surface area is 233 Å². The molecular weight excluding hydrogens is 507 g/mol. The van der Waals surface area contributed by atoms with Gasteiger partial charge >= 0.3 is 6.18 Å². The normalized spacial score (nSPS) is 11.9. The number of alkyl halides is 3. The highest BCUT2D eigenvalue weighted by molar-refractivity contribution is 6.90. The highest BCUT2D eigenvalue weighted by Gasteiger charge is 2.41. The van der Waals surface area contributed by atoms with Crippen molar-refractivity contribution in [3.05, 3.63) is 77.4 Å². The van der Waals surface area contributed by atoms with E-state index in [1.54, 1.807) is 0 Å². The zero-order valence-electron chi connectivity index (χ0n) is 24.2. The molecule has 0 saturated carbocycles. The van der Waals surface area contributed by atoms with E-state index in [1.165, 1.54) is 12.1 Å². The molecule has 0 radical (unpaired) electrons. The number of hydrogen-bond acceptors (Lipinski definition) is 1. The Balaban J connectivity index is 2.31. The van der Waals surface area contributed by atoms with Crippen LogP contribution in [0.4, 0.5) is 18.9 Å². The van der Waals surface area contributed by atoms with E-state index >= 15 is 0 Å². The van der Waals surface area contributed by atoms with Crippen LogP contribution in [-0.2, 0) is 6.18 Å². The summed E-state index contributed by atoms with van der Waals surface area (Å²) >= 11 is 0. The van der Waals surface area contributed by atoms with Gasteiger partial charge in [0.2, 0.25) is 0 Å². The summed E-state index contributed by atoms with van der Waals surface area (Å²) in [5.74, 6) is 6.35. The van der Waals surface area contributed by atoms with E-state index in [-0.39, 0.29) is 0 Å². The van der Waals surface area contributed by atoms with Gasteiger partial charge in [-0.1, -0.05) is 77.6 Å². The van der Waals surface area contributed by atoms with E-state index in [0.29, 0.717) is 33.3 Å². The number of halogens is 3. The van der Waals surface area contributed by atoms with Crippen LogP contribution in [0.25, 0.3) is 22.3 Å². The zero-order valence-corrected chi connectivity index (χ0v) is 25.2. The third kappa shape index (κ3) is 6.26. The first-order valence-electron chi connectivity index (χ1n) is 13.4. The molecule has 0 unspecified atom stereocenters. The molecule has 5 heteroatoms. The Morgan fingerprint density at radius 2 is 1.15 bits per heavy atom. The second-order valence-corrected chi connectivity index (χ2v) is 16.8. The van der Waals surface area contributed by atoms with Gasteiger partial charge in [0.05, 0.1) is 5.56 Å². The van der Waals surface area contributed by atoms with E-state index in [4.69, 9.17) is 6.42 Å². The molecule has 1 nitrogen and oxygen atoms in total. The Morgan fingerprint density at radius 1 is 0.718 bits per heavy atom. The molecule has 0 aromatic heterocycles. The molecule has 3 rings (SSSR count). The van der Waals surface area contributed by atoms with E-state index in [1.807, 2.05) is 31.1 Å². The zero-order chi connectivity index (χ0) is 29.1. The Morgan fingerprint density at radius 3 is 1.56 bits per heavy atom. The highest BCUT2D eigenvalue weighted by atomic mass is 28.3. The molecule has 204 valence electrons. The maximum absolute atomic E-state index is 13.2. The summed E-state index contributed by atoms with van der Waals surface area (Å²) in [6.45, 7) is 13.6. The van der Waals surface area contributed by atoms with E-state index in [9.17, 15) is 13.2 Å². The molecule has 0 aliphatic carbocycles. The van der Waals surface area contributed by atoms with Crippen LogP contribution in [0.5, 0.6) is 0 Å². The lowest BCUT2D eigenvalue weighted by Crippen LogP contribution is -2.43. The molecular formula is C34H38F3NSi. The summed E-state index contributed by atoms with van der Waals surface area (Å²) in [5, 5.41) is 0. The van der Waals surface area contributed by atoms with Crippen LogP contribution >= 0.6 is 0 Å². The number of rotatable bonds is 6.